The first-order valence-corrected chi connectivity index (χ1v) is 6.87. The third-order valence-corrected chi connectivity index (χ3v) is 4.20. The van der Waals surface area contributed by atoms with E-state index in [2.05, 4.69) is 10.6 Å². The number of nitrogens with one attached hydrogen (secondary N) is 2. The van der Waals surface area contributed by atoms with Crippen molar-refractivity contribution in [2.45, 2.75) is 50.5 Å². The number of hydrogen-bond donors (Lipinski definition) is 3. The van der Waals surface area contributed by atoms with E-state index in [1.54, 1.807) is 0 Å². The van der Waals surface area contributed by atoms with Crippen LogP contribution in [0.4, 0.5) is 0 Å². The van der Waals surface area contributed by atoms with Crippen molar-refractivity contribution in [3.63, 3.8) is 0 Å². The molecule has 3 N–H and O–H groups in total. The van der Waals surface area contributed by atoms with Gasteiger partial charge in [-0.1, -0.05) is 0 Å². The van der Waals surface area contributed by atoms with Crippen molar-refractivity contribution < 1.29 is 9.90 Å². The van der Waals surface area contributed by atoms with Crippen molar-refractivity contribution in [3.05, 3.63) is 0 Å². The summed E-state index contributed by atoms with van der Waals surface area (Å²) in [7, 11) is 0. The van der Waals surface area contributed by atoms with Crippen LogP contribution in [0.5, 0.6) is 0 Å². The van der Waals surface area contributed by atoms with Gasteiger partial charge in [-0.15, -0.1) is 0 Å². The molecule has 17 heavy (non-hydrogen) atoms. The fraction of sp³-hybridized carbons (Fsp3) is 0.923. The number of aliphatic hydroxyl groups excluding tert-OH is 1. The van der Waals surface area contributed by atoms with E-state index >= 15 is 0 Å². The number of carbonyl (C=O) groups excluding carboxylic acids is 1. The van der Waals surface area contributed by atoms with E-state index in [-0.39, 0.29) is 18.1 Å². The van der Waals surface area contributed by atoms with Crippen LogP contribution < -0.4 is 10.6 Å². The average Bonchev–Trinajstić information content (AvgIpc) is 2.33. The average molecular weight is 240 g/mol. The van der Waals surface area contributed by atoms with E-state index in [0.29, 0.717) is 12.3 Å². The predicted molar refractivity (Wildman–Crippen MR) is 66.6 cm³/mol. The Labute approximate surface area is 103 Å². The lowest BCUT2D eigenvalue weighted by Crippen LogP contribution is -2.56. The molecule has 1 aliphatic carbocycles. The van der Waals surface area contributed by atoms with Crippen molar-refractivity contribution in [2.24, 2.45) is 5.92 Å². The van der Waals surface area contributed by atoms with Gasteiger partial charge in [-0.25, -0.2) is 0 Å². The summed E-state index contributed by atoms with van der Waals surface area (Å²) in [6.45, 7) is 2.26. The Kier molecular flexibility index (Phi) is 4.40. The highest BCUT2D eigenvalue weighted by atomic mass is 16.3. The third kappa shape index (κ3) is 3.42. The minimum absolute atomic E-state index is 0.0870. The van der Waals surface area contributed by atoms with E-state index in [1.165, 1.54) is 12.8 Å². The minimum atomic E-state index is -0.276. The largest absolute Gasteiger partial charge is 0.394 e. The first-order valence-electron chi connectivity index (χ1n) is 6.87. The minimum Gasteiger partial charge on any atom is -0.394 e. The van der Waals surface area contributed by atoms with Gasteiger partial charge in [-0.3, -0.25) is 4.79 Å². The molecule has 0 spiro atoms. The first-order chi connectivity index (χ1) is 8.24. The molecule has 1 unspecified atom stereocenters. The summed E-state index contributed by atoms with van der Waals surface area (Å²) in [4.78, 5) is 11.8. The van der Waals surface area contributed by atoms with Crippen LogP contribution >= 0.6 is 0 Å². The van der Waals surface area contributed by atoms with E-state index in [4.69, 9.17) is 0 Å². The zero-order valence-electron chi connectivity index (χ0n) is 10.5. The third-order valence-electron chi connectivity index (χ3n) is 4.20. The second kappa shape index (κ2) is 5.83. The molecule has 4 heteroatoms. The van der Waals surface area contributed by atoms with Crippen LogP contribution in [0.15, 0.2) is 0 Å². The highest BCUT2D eigenvalue weighted by Gasteiger charge is 2.37. The maximum Gasteiger partial charge on any atom is 0.220 e. The molecule has 0 aromatic heterocycles. The molecule has 1 atom stereocenters. The van der Waals surface area contributed by atoms with E-state index in [1.807, 2.05) is 0 Å². The molecule has 0 aromatic carbocycles. The molecule has 2 aliphatic rings. The van der Waals surface area contributed by atoms with Crippen LogP contribution in [0, 0.1) is 5.92 Å². The summed E-state index contributed by atoms with van der Waals surface area (Å²) in [6, 6.07) is 0. The molecule has 0 aromatic rings. The monoisotopic (exact) mass is 240 g/mol. The number of rotatable bonds is 5. The zero-order valence-corrected chi connectivity index (χ0v) is 10.5. The summed E-state index contributed by atoms with van der Waals surface area (Å²) in [5.41, 5.74) is -0.276. The molecule has 0 bridgehead atoms. The summed E-state index contributed by atoms with van der Waals surface area (Å²) >= 11 is 0. The van der Waals surface area contributed by atoms with Crippen molar-refractivity contribution in [1.29, 1.82) is 0 Å². The molecular weight excluding hydrogens is 216 g/mol. The van der Waals surface area contributed by atoms with Gasteiger partial charge < -0.3 is 15.7 Å². The van der Waals surface area contributed by atoms with Gasteiger partial charge in [0, 0.05) is 6.42 Å². The van der Waals surface area contributed by atoms with Crippen LogP contribution in [0.25, 0.3) is 0 Å². The molecule has 1 saturated carbocycles. The van der Waals surface area contributed by atoms with Crippen LogP contribution in [0.1, 0.15) is 44.9 Å². The van der Waals surface area contributed by atoms with Crippen LogP contribution in [0.2, 0.25) is 0 Å². The van der Waals surface area contributed by atoms with Gasteiger partial charge in [-0.2, -0.15) is 0 Å². The molecule has 1 saturated heterocycles. The molecule has 1 amide bonds. The topological polar surface area (TPSA) is 61.4 Å². The molecule has 1 aliphatic heterocycles. The van der Waals surface area contributed by atoms with E-state index in [0.717, 1.165) is 38.8 Å². The Morgan fingerprint density at radius 1 is 1.41 bits per heavy atom. The van der Waals surface area contributed by atoms with Gasteiger partial charge in [0.2, 0.25) is 5.91 Å². The maximum atomic E-state index is 11.8. The summed E-state index contributed by atoms with van der Waals surface area (Å²) in [5, 5.41) is 15.7. The Morgan fingerprint density at radius 2 is 2.24 bits per heavy atom. The number of carbonyl (C=O) groups is 1. The standard InChI is InChI=1S/C13H24N2O2/c16-10-13(6-2-7-13)15-12(17)5-4-11-3-1-8-14-9-11/h11,14,16H,1-10H2,(H,15,17). The number of amides is 1. The number of aliphatic hydroxyl groups is 1. The fourth-order valence-corrected chi connectivity index (χ4v) is 2.79. The van der Waals surface area contributed by atoms with Crippen molar-refractivity contribution in [1.82, 2.24) is 10.6 Å². The molecule has 98 valence electrons. The Hall–Kier alpha value is -0.610. The fourth-order valence-electron chi connectivity index (χ4n) is 2.79. The van der Waals surface area contributed by atoms with Crippen LogP contribution in [-0.4, -0.2) is 36.2 Å². The molecule has 1 heterocycles. The number of hydrogen-bond acceptors (Lipinski definition) is 3. The van der Waals surface area contributed by atoms with Gasteiger partial charge in [-0.05, 0) is 57.5 Å². The lowest BCUT2D eigenvalue weighted by Gasteiger charge is -2.41. The second-order valence-electron chi connectivity index (χ2n) is 5.59. The van der Waals surface area contributed by atoms with E-state index < -0.39 is 0 Å². The lowest BCUT2D eigenvalue weighted by atomic mass is 9.77. The SMILES string of the molecule is O=C(CCC1CCCNC1)NC1(CO)CCC1. The van der Waals surface area contributed by atoms with Crippen molar-refractivity contribution >= 4 is 5.91 Å². The van der Waals surface area contributed by atoms with Crippen molar-refractivity contribution in [3.8, 4) is 0 Å². The Morgan fingerprint density at radius 3 is 2.76 bits per heavy atom. The van der Waals surface area contributed by atoms with Gasteiger partial charge in [0.05, 0.1) is 12.1 Å². The van der Waals surface area contributed by atoms with Crippen LogP contribution in [-0.2, 0) is 4.79 Å². The van der Waals surface area contributed by atoms with Gasteiger partial charge in [0.15, 0.2) is 0 Å². The predicted octanol–water partition coefficient (Wildman–Crippen LogP) is 0.797. The van der Waals surface area contributed by atoms with Crippen molar-refractivity contribution in [2.75, 3.05) is 19.7 Å². The molecule has 4 nitrogen and oxygen atoms in total. The highest BCUT2D eigenvalue weighted by Crippen LogP contribution is 2.31. The molecule has 0 radical (unpaired) electrons. The normalized spacial score (nSPS) is 27.2. The molecule has 2 fully saturated rings. The summed E-state index contributed by atoms with van der Waals surface area (Å²) in [5.74, 6) is 0.769. The second-order valence-corrected chi connectivity index (χ2v) is 5.59. The lowest BCUT2D eigenvalue weighted by molar-refractivity contribution is -0.125. The van der Waals surface area contributed by atoms with Gasteiger partial charge >= 0.3 is 0 Å². The maximum absolute atomic E-state index is 11.8. The molecule has 2 rings (SSSR count). The smallest absolute Gasteiger partial charge is 0.220 e. The summed E-state index contributed by atoms with van der Waals surface area (Å²) in [6.07, 6.45) is 7.03. The van der Waals surface area contributed by atoms with E-state index in [9.17, 15) is 9.90 Å². The quantitative estimate of drug-likeness (QED) is 0.666. The first kappa shape index (κ1) is 12.8. The Balaban J connectivity index is 1.66. The van der Waals surface area contributed by atoms with Gasteiger partial charge in [0.1, 0.15) is 0 Å². The highest BCUT2D eigenvalue weighted by molar-refractivity contribution is 5.77. The Bertz CT molecular complexity index is 253. The number of piperidine rings is 1. The van der Waals surface area contributed by atoms with Gasteiger partial charge in [0.25, 0.3) is 0 Å². The van der Waals surface area contributed by atoms with Crippen LogP contribution in [0.3, 0.4) is 0 Å². The summed E-state index contributed by atoms with van der Waals surface area (Å²) < 4.78 is 0. The molecular formula is C13H24N2O2. The zero-order chi connectivity index (χ0) is 12.1.